The van der Waals surface area contributed by atoms with Crippen molar-refractivity contribution in [2.24, 2.45) is 0 Å². The topological polar surface area (TPSA) is 122 Å². The third-order valence-corrected chi connectivity index (χ3v) is 3.52. The molecule has 3 N–H and O–H groups in total. The lowest BCUT2D eigenvalue weighted by Gasteiger charge is -2.20. The number of nitrogens with zero attached hydrogens (tertiary/aromatic N) is 1. The van der Waals surface area contributed by atoms with Gasteiger partial charge in [-0.1, -0.05) is 13.3 Å². The maximum atomic E-state index is 11.4. The number of amides is 1. The number of carbonyl (C=O) groups is 2. The number of rotatable bonds is 6. The third-order valence-electron chi connectivity index (χ3n) is 3.52. The summed E-state index contributed by atoms with van der Waals surface area (Å²) in [5.74, 6) is -1.23. The molecule has 1 aromatic carbocycles. The Morgan fingerprint density at radius 3 is 2.82 bits per heavy atom. The minimum atomic E-state index is -1.07. The van der Waals surface area contributed by atoms with E-state index in [1.165, 1.54) is 12.1 Å². The van der Waals surface area contributed by atoms with Crippen LogP contribution < -0.4 is 10.6 Å². The fraction of sp³-hybridized carbons (Fsp3) is 0.429. The lowest BCUT2D eigenvalue weighted by Crippen LogP contribution is -2.29. The van der Waals surface area contributed by atoms with Gasteiger partial charge in [-0.2, -0.15) is 0 Å². The maximum absolute atomic E-state index is 11.4. The molecule has 0 fully saturated rings. The summed E-state index contributed by atoms with van der Waals surface area (Å²) in [5.41, 5.74) is 1.09. The first-order valence-corrected chi connectivity index (χ1v) is 7.03. The number of nitrogens with one attached hydrogen (secondary N) is 2. The number of benzene rings is 1. The van der Waals surface area contributed by atoms with Crippen molar-refractivity contribution in [3.63, 3.8) is 0 Å². The average Bonchev–Trinajstić information content (AvgIpc) is 2.45. The van der Waals surface area contributed by atoms with Crippen molar-refractivity contribution in [1.82, 2.24) is 0 Å². The van der Waals surface area contributed by atoms with E-state index in [0.29, 0.717) is 30.5 Å². The maximum Gasteiger partial charge on any atom is 0.326 e. The molecule has 0 aromatic heterocycles. The van der Waals surface area contributed by atoms with Crippen molar-refractivity contribution in [2.45, 2.75) is 38.6 Å². The van der Waals surface area contributed by atoms with E-state index in [9.17, 15) is 24.8 Å². The number of nitro groups is 1. The monoisotopic (exact) mass is 307 g/mol. The molecule has 0 aliphatic carbocycles. The Balaban J connectivity index is 2.40. The largest absolute Gasteiger partial charge is 0.480 e. The van der Waals surface area contributed by atoms with Crippen LogP contribution in [0.2, 0.25) is 0 Å². The number of carbonyl (C=O) groups excluding carboxylic acids is 1. The highest BCUT2D eigenvalue weighted by Crippen LogP contribution is 2.34. The molecule has 2 rings (SSSR count). The molecule has 0 radical (unpaired) electrons. The second-order valence-corrected chi connectivity index (χ2v) is 5.16. The highest BCUT2D eigenvalue weighted by atomic mass is 16.6. The first kappa shape index (κ1) is 15.7. The average molecular weight is 307 g/mol. The van der Waals surface area contributed by atoms with Gasteiger partial charge in [0, 0.05) is 18.2 Å². The van der Waals surface area contributed by atoms with E-state index in [-0.39, 0.29) is 23.7 Å². The van der Waals surface area contributed by atoms with Gasteiger partial charge in [-0.25, -0.2) is 4.79 Å². The molecule has 0 spiro atoms. The zero-order valence-electron chi connectivity index (χ0n) is 12.1. The first-order valence-electron chi connectivity index (χ1n) is 7.03. The summed E-state index contributed by atoms with van der Waals surface area (Å²) in [4.78, 5) is 33.3. The highest BCUT2D eigenvalue weighted by molar-refractivity contribution is 5.95. The number of nitro benzene ring substituents is 1. The Kier molecular flexibility index (Phi) is 4.59. The molecule has 1 aromatic rings. The van der Waals surface area contributed by atoms with Crippen LogP contribution in [0.15, 0.2) is 12.1 Å². The standard InChI is InChI=1S/C14H17N3O5/c1-2-3-9(14(19)20)15-11-7-10-8(4-5-13(18)16-10)6-12(11)17(21)22/h6-7,9,15H,2-5H2,1H3,(H,16,18)(H,19,20). The van der Waals surface area contributed by atoms with Gasteiger partial charge in [0.05, 0.1) is 4.92 Å². The number of fused-ring (bicyclic) bond motifs is 1. The van der Waals surface area contributed by atoms with Crippen LogP contribution in [-0.4, -0.2) is 27.9 Å². The summed E-state index contributed by atoms with van der Waals surface area (Å²) in [6.45, 7) is 1.83. The number of anilines is 2. The number of hydrogen-bond acceptors (Lipinski definition) is 5. The molecule has 118 valence electrons. The summed E-state index contributed by atoms with van der Waals surface area (Å²) < 4.78 is 0. The second-order valence-electron chi connectivity index (χ2n) is 5.16. The van der Waals surface area contributed by atoms with Crippen LogP contribution in [0, 0.1) is 10.1 Å². The molecule has 22 heavy (non-hydrogen) atoms. The molecule has 1 unspecified atom stereocenters. The molecular formula is C14H17N3O5. The molecule has 8 nitrogen and oxygen atoms in total. The van der Waals surface area contributed by atoms with Crippen molar-refractivity contribution >= 4 is 28.9 Å². The Labute approximate surface area is 126 Å². The van der Waals surface area contributed by atoms with Crippen molar-refractivity contribution in [1.29, 1.82) is 0 Å². The van der Waals surface area contributed by atoms with Gasteiger partial charge in [-0.15, -0.1) is 0 Å². The molecule has 1 amide bonds. The molecule has 0 bridgehead atoms. The van der Waals surface area contributed by atoms with Gasteiger partial charge in [0.2, 0.25) is 5.91 Å². The van der Waals surface area contributed by atoms with E-state index in [0.717, 1.165) is 0 Å². The van der Waals surface area contributed by atoms with Crippen molar-refractivity contribution in [3.05, 3.63) is 27.8 Å². The van der Waals surface area contributed by atoms with E-state index in [4.69, 9.17) is 0 Å². The smallest absolute Gasteiger partial charge is 0.326 e. The lowest BCUT2D eigenvalue weighted by atomic mass is 10.0. The Morgan fingerprint density at radius 2 is 2.23 bits per heavy atom. The van der Waals surface area contributed by atoms with E-state index in [2.05, 4.69) is 10.6 Å². The Bertz CT molecular complexity index is 629. The van der Waals surface area contributed by atoms with Gasteiger partial charge < -0.3 is 15.7 Å². The summed E-state index contributed by atoms with van der Waals surface area (Å²) in [7, 11) is 0. The van der Waals surface area contributed by atoms with Gasteiger partial charge in [0.1, 0.15) is 11.7 Å². The Hall–Kier alpha value is -2.64. The minimum Gasteiger partial charge on any atom is -0.480 e. The zero-order valence-corrected chi connectivity index (χ0v) is 12.1. The number of aryl methyl sites for hydroxylation is 1. The number of hydrogen-bond donors (Lipinski definition) is 3. The van der Waals surface area contributed by atoms with E-state index in [1.807, 2.05) is 6.92 Å². The van der Waals surface area contributed by atoms with Crippen LogP contribution in [0.1, 0.15) is 31.7 Å². The molecule has 1 aliphatic heterocycles. The van der Waals surface area contributed by atoms with E-state index < -0.39 is 16.9 Å². The van der Waals surface area contributed by atoms with Gasteiger partial charge in [-0.05, 0) is 24.5 Å². The van der Waals surface area contributed by atoms with E-state index in [1.54, 1.807) is 0 Å². The number of aliphatic carboxylic acids is 1. The number of carboxylic acids is 1. The molecular weight excluding hydrogens is 290 g/mol. The predicted molar refractivity (Wildman–Crippen MR) is 80.0 cm³/mol. The molecule has 0 saturated heterocycles. The third kappa shape index (κ3) is 3.33. The van der Waals surface area contributed by atoms with Crippen molar-refractivity contribution < 1.29 is 19.6 Å². The Morgan fingerprint density at radius 1 is 1.50 bits per heavy atom. The quantitative estimate of drug-likeness (QED) is 0.547. The molecule has 1 heterocycles. The molecule has 8 heteroatoms. The molecule has 1 atom stereocenters. The number of carboxylic acid groups (broad SMARTS) is 1. The van der Waals surface area contributed by atoms with E-state index >= 15 is 0 Å². The van der Waals surface area contributed by atoms with Crippen LogP contribution >= 0.6 is 0 Å². The summed E-state index contributed by atoms with van der Waals surface area (Å²) in [6, 6.07) is 1.92. The van der Waals surface area contributed by atoms with Crippen LogP contribution in [0.3, 0.4) is 0 Å². The van der Waals surface area contributed by atoms with Crippen molar-refractivity contribution in [3.8, 4) is 0 Å². The van der Waals surface area contributed by atoms with Crippen LogP contribution in [0.4, 0.5) is 17.1 Å². The fourth-order valence-corrected chi connectivity index (χ4v) is 2.42. The van der Waals surface area contributed by atoms with Gasteiger partial charge in [0.15, 0.2) is 0 Å². The summed E-state index contributed by atoms with van der Waals surface area (Å²) in [6.07, 6.45) is 1.68. The van der Waals surface area contributed by atoms with Gasteiger partial charge in [0.25, 0.3) is 5.69 Å². The molecule has 0 saturated carbocycles. The van der Waals surface area contributed by atoms with Crippen LogP contribution in [0.25, 0.3) is 0 Å². The summed E-state index contributed by atoms with van der Waals surface area (Å²) >= 11 is 0. The zero-order chi connectivity index (χ0) is 16.3. The van der Waals surface area contributed by atoms with Crippen molar-refractivity contribution in [2.75, 3.05) is 10.6 Å². The minimum absolute atomic E-state index is 0.104. The first-order chi connectivity index (χ1) is 10.4. The fourth-order valence-electron chi connectivity index (χ4n) is 2.42. The van der Waals surface area contributed by atoms with Crippen LogP contribution in [-0.2, 0) is 16.0 Å². The molecule has 1 aliphatic rings. The lowest BCUT2D eigenvalue weighted by molar-refractivity contribution is -0.384. The normalized spacial score (nSPS) is 14.7. The van der Waals surface area contributed by atoms with Crippen LogP contribution in [0.5, 0.6) is 0 Å². The predicted octanol–water partition coefficient (Wildman–Crippen LogP) is 2.14. The van der Waals surface area contributed by atoms with Gasteiger partial charge in [-0.3, -0.25) is 14.9 Å². The summed E-state index contributed by atoms with van der Waals surface area (Å²) in [5, 5.41) is 25.7. The van der Waals surface area contributed by atoms with Gasteiger partial charge >= 0.3 is 5.97 Å². The SMILES string of the molecule is CCCC(Nc1cc2c(cc1[N+](=O)[O-])CCC(=O)N2)C(=O)O. The highest BCUT2D eigenvalue weighted by Gasteiger charge is 2.25. The second kappa shape index (κ2) is 6.42.